The highest BCUT2D eigenvalue weighted by atomic mass is 35.5. The van der Waals surface area contributed by atoms with E-state index in [0.29, 0.717) is 10.7 Å². The molecule has 2 aromatic carbocycles. The maximum absolute atomic E-state index is 12.4. The molecular weight excluding hydrogens is 400 g/mol. The molecule has 0 amide bonds. The molecule has 0 atom stereocenters. The van der Waals surface area contributed by atoms with Crippen LogP contribution in [0.4, 0.5) is 0 Å². The van der Waals surface area contributed by atoms with Gasteiger partial charge in [0, 0.05) is 23.8 Å². The Morgan fingerprint density at radius 2 is 1.75 bits per heavy atom. The summed E-state index contributed by atoms with van der Waals surface area (Å²) in [4.78, 5) is 12.4. The normalized spacial score (nSPS) is 11.4. The fourth-order valence-electron chi connectivity index (χ4n) is 2.53. The first-order valence-electron chi connectivity index (χ1n) is 8.47. The van der Waals surface area contributed by atoms with Crippen molar-refractivity contribution >= 4 is 21.6 Å². The van der Waals surface area contributed by atoms with Crippen molar-refractivity contribution in [2.45, 2.75) is 18.0 Å². The maximum atomic E-state index is 12.4. The number of pyridine rings is 1. The summed E-state index contributed by atoms with van der Waals surface area (Å²) in [5.74, 6) is 0.204. The van der Waals surface area contributed by atoms with Gasteiger partial charge in [0.2, 0.25) is 15.5 Å². The summed E-state index contributed by atoms with van der Waals surface area (Å²) >= 11 is 5.79. The zero-order chi connectivity index (χ0) is 20.1. The smallest absolute Gasteiger partial charge is 0.240 e. The fourth-order valence-corrected chi connectivity index (χ4v) is 3.66. The zero-order valence-electron chi connectivity index (χ0n) is 15.1. The molecule has 3 rings (SSSR count). The van der Waals surface area contributed by atoms with Crippen LogP contribution >= 0.6 is 11.6 Å². The van der Waals surface area contributed by atoms with Gasteiger partial charge in [0.15, 0.2) is 5.75 Å². The van der Waals surface area contributed by atoms with Crippen molar-refractivity contribution in [1.82, 2.24) is 9.29 Å². The van der Waals surface area contributed by atoms with E-state index in [1.54, 1.807) is 17.8 Å². The summed E-state index contributed by atoms with van der Waals surface area (Å²) in [6.45, 7) is 0.244. The second-order valence-electron chi connectivity index (χ2n) is 6.16. The third-order valence-electron chi connectivity index (χ3n) is 4.11. The predicted octanol–water partition coefficient (Wildman–Crippen LogP) is 3.10. The summed E-state index contributed by atoms with van der Waals surface area (Å²) in [6, 6.07) is 16.7. The van der Waals surface area contributed by atoms with Crippen LogP contribution in [0.15, 0.2) is 76.6 Å². The number of benzene rings is 2. The summed E-state index contributed by atoms with van der Waals surface area (Å²) in [6.07, 6.45) is 1.55. The Morgan fingerprint density at radius 3 is 2.43 bits per heavy atom. The number of aryl methyl sites for hydroxylation is 1. The number of halogens is 1. The molecular formula is C20H19ClN2O4S. The number of hydrogen-bond donors (Lipinski definition) is 1. The van der Waals surface area contributed by atoms with E-state index in [0.717, 1.165) is 5.56 Å². The summed E-state index contributed by atoms with van der Waals surface area (Å²) in [7, 11) is -1.99. The van der Waals surface area contributed by atoms with Gasteiger partial charge in [-0.25, -0.2) is 13.1 Å². The molecule has 0 bridgehead atoms. The van der Waals surface area contributed by atoms with Crippen molar-refractivity contribution in [3.8, 4) is 5.75 Å². The summed E-state index contributed by atoms with van der Waals surface area (Å²) in [5, 5.41) is 0.451. The number of ether oxygens (including phenoxy) is 1. The molecule has 1 heterocycles. The number of aromatic nitrogens is 1. The molecule has 0 aliphatic rings. The van der Waals surface area contributed by atoms with Gasteiger partial charge in [0.05, 0.1) is 17.6 Å². The molecule has 0 aliphatic carbocycles. The van der Waals surface area contributed by atoms with Crippen LogP contribution in [0.3, 0.4) is 0 Å². The highest BCUT2D eigenvalue weighted by Gasteiger charge is 2.15. The second kappa shape index (κ2) is 8.60. The fraction of sp³-hybridized carbons (Fsp3) is 0.150. The predicted molar refractivity (Wildman–Crippen MR) is 108 cm³/mol. The van der Waals surface area contributed by atoms with Crippen LogP contribution in [0.5, 0.6) is 5.75 Å². The van der Waals surface area contributed by atoms with Crippen molar-refractivity contribution in [1.29, 1.82) is 0 Å². The number of nitrogens with one attached hydrogen (secondary N) is 1. The van der Waals surface area contributed by atoms with E-state index >= 15 is 0 Å². The zero-order valence-corrected chi connectivity index (χ0v) is 16.7. The molecule has 1 N–H and O–H groups in total. The number of rotatable bonds is 7. The molecule has 0 fully saturated rings. The van der Waals surface area contributed by atoms with Crippen molar-refractivity contribution in [2.24, 2.45) is 7.05 Å². The lowest BCUT2D eigenvalue weighted by Crippen LogP contribution is -2.26. The topological polar surface area (TPSA) is 77.4 Å². The third kappa shape index (κ3) is 5.01. The molecule has 6 nitrogen and oxygen atoms in total. The van der Waals surface area contributed by atoms with Crippen LogP contribution < -0.4 is 14.9 Å². The van der Waals surface area contributed by atoms with Gasteiger partial charge in [-0.2, -0.15) is 0 Å². The first-order chi connectivity index (χ1) is 13.3. The van der Waals surface area contributed by atoms with E-state index in [4.69, 9.17) is 16.3 Å². The van der Waals surface area contributed by atoms with Gasteiger partial charge in [-0.05, 0) is 29.8 Å². The molecule has 3 aromatic rings. The van der Waals surface area contributed by atoms with E-state index in [1.807, 2.05) is 30.3 Å². The molecule has 28 heavy (non-hydrogen) atoms. The van der Waals surface area contributed by atoms with Crippen LogP contribution in [0.2, 0.25) is 5.02 Å². The highest BCUT2D eigenvalue weighted by molar-refractivity contribution is 7.89. The molecule has 1 aromatic heterocycles. The first-order valence-corrected chi connectivity index (χ1v) is 10.3. The lowest BCUT2D eigenvalue weighted by Gasteiger charge is -2.13. The summed E-state index contributed by atoms with van der Waals surface area (Å²) in [5.41, 5.74) is 1.15. The van der Waals surface area contributed by atoms with Gasteiger partial charge in [-0.15, -0.1) is 0 Å². The third-order valence-corrected chi connectivity index (χ3v) is 5.78. The van der Waals surface area contributed by atoms with Gasteiger partial charge in [-0.1, -0.05) is 41.9 Å². The van der Waals surface area contributed by atoms with Gasteiger partial charge in [0.25, 0.3) is 0 Å². The number of nitrogens with zero attached hydrogens (tertiary/aromatic N) is 1. The summed E-state index contributed by atoms with van der Waals surface area (Å²) < 4.78 is 34.5. The average Bonchev–Trinajstić information content (AvgIpc) is 2.68. The molecule has 0 saturated heterocycles. The van der Waals surface area contributed by atoms with Gasteiger partial charge in [0.1, 0.15) is 6.61 Å². The van der Waals surface area contributed by atoms with E-state index in [9.17, 15) is 13.2 Å². The number of sulfonamides is 1. The van der Waals surface area contributed by atoms with Crippen LogP contribution in [0.25, 0.3) is 0 Å². The molecule has 8 heteroatoms. The Balaban J connectivity index is 1.70. The SMILES string of the molecule is Cn1cc(OCc2ccccc2)c(=O)cc1CNS(=O)(=O)c1ccc(Cl)cc1. The van der Waals surface area contributed by atoms with E-state index in [1.165, 1.54) is 30.3 Å². The molecule has 0 saturated carbocycles. The Bertz CT molecular complexity index is 1110. The minimum Gasteiger partial charge on any atom is -0.483 e. The van der Waals surface area contributed by atoms with Gasteiger partial charge >= 0.3 is 0 Å². The Hall–Kier alpha value is -2.61. The quantitative estimate of drug-likeness (QED) is 0.639. The Labute approximate surface area is 168 Å². The highest BCUT2D eigenvalue weighted by Crippen LogP contribution is 2.15. The van der Waals surface area contributed by atoms with Crippen molar-refractivity contribution in [3.63, 3.8) is 0 Å². The minimum atomic E-state index is -3.72. The molecule has 0 spiro atoms. The standard InChI is InChI=1S/C20H19ClN2O4S/c1-23-13-20(27-14-15-5-3-2-4-6-15)19(24)11-17(23)12-22-28(25,26)18-9-7-16(21)8-10-18/h2-11,13,22H,12,14H2,1H3. The molecule has 0 unspecified atom stereocenters. The van der Waals surface area contributed by atoms with Crippen molar-refractivity contribution in [2.75, 3.05) is 0 Å². The minimum absolute atomic E-state index is 0.0321. The van der Waals surface area contributed by atoms with Gasteiger partial charge in [-0.3, -0.25) is 4.79 Å². The average molecular weight is 419 g/mol. The molecule has 0 radical (unpaired) electrons. The van der Waals surface area contributed by atoms with Crippen LogP contribution in [0.1, 0.15) is 11.3 Å². The molecule has 146 valence electrons. The van der Waals surface area contributed by atoms with Crippen LogP contribution in [-0.4, -0.2) is 13.0 Å². The van der Waals surface area contributed by atoms with E-state index in [-0.39, 0.29) is 29.2 Å². The van der Waals surface area contributed by atoms with Crippen molar-refractivity contribution < 1.29 is 13.2 Å². The lowest BCUT2D eigenvalue weighted by molar-refractivity contribution is 0.300. The van der Waals surface area contributed by atoms with Crippen molar-refractivity contribution in [3.05, 3.63) is 93.4 Å². The maximum Gasteiger partial charge on any atom is 0.240 e. The molecule has 0 aliphatic heterocycles. The Kier molecular flexibility index (Phi) is 6.18. The second-order valence-corrected chi connectivity index (χ2v) is 8.36. The van der Waals surface area contributed by atoms with E-state index < -0.39 is 10.0 Å². The van der Waals surface area contributed by atoms with Crippen LogP contribution in [-0.2, 0) is 30.2 Å². The van der Waals surface area contributed by atoms with Gasteiger partial charge < -0.3 is 9.30 Å². The monoisotopic (exact) mass is 418 g/mol. The Morgan fingerprint density at radius 1 is 1.07 bits per heavy atom. The van der Waals surface area contributed by atoms with Crippen LogP contribution in [0, 0.1) is 0 Å². The lowest BCUT2D eigenvalue weighted by atomic mass is 10.2. The number of hydrogen-bond acceptors (Lipinski definition) is 4. The first kappa shape index (κ1) is 20.1. The van der Waals surface area contributed by atoms with E-state index in [2.05, 4.69) is 4.72 Å². The largest absolute Gasteiger partial charge is 0.483 e.